The Morgan fingerprint density at radius 3 is 2.68 bits per heavy atom. The fraction of sp³-hybridized carbons (Fsp3) is 0.619. The van der Waals surface area contributed by atoms with Gasteiger partial charge in [0.05, 0.1) is 10.6 Å². The van der Waals surface area contributed by atoms with Gasteiger partial charge in [-0.2, -0.15) is 0 Å². The molecule has 0 aliphatic carbocycles. The largest absolute Gasteiger partial charge is 0.444 e. The Morgan fingerprint density at radius 1 is 1.29 bits per heavy atom. The van der Waals surface area contributed by atoms with E-state index in [2.05, 4.69) is 17.6 Å². The highest BCUT2D eigenvalue weighted by Crippen LogP contribution is 2.24. The molecule has 1 aromatic rings. The fourth-order valence-electron chi connectivity index (χ4n) is 3.37. The van der Waals surface area contributed by atoms with Crippen LogP contribution in [0.15, 0.2) is 24.3 Å². The van der Waals surface area contributed by atoms with Gasteiger partial charge in [0, 0.05) is 31.7 Å². The lowest BCUT2D eigenvalue weighted by molar-refractivity contribution is 0.0214. The van der Waals surface area contributed by atoms with Gasteiger partial charge in [0.2, 0.25) is 0 Å². The SMILES string of the molecule is CC(CC1CCCN1C(=O)OC(C)(C)C)NCCNC(=O)c1ccccc1Cl. The summed E-state index contributed by atoms with van der Waals surface area (Å²) in [6.45, 7) is 9.66. The van der Waals surface area contributed by atoms with Gasteiger partial charge in [0.1, 0.15) is 5.60 Å². The van der Waals surface area contributed by atoms with Crippen LogP contribution in [0.2, 0.25) is 5.02 Å². The van der Waals surface area contributed by atoms with Crippen molar-refractivity contribution < 1.29 is 14.3 Å². The van der Waals surface area contributed by atoms with E-state index in [0.717, 1.165) is 25.8 Å². The lowest BCUT2D eigenvalue weighted by atomic mass is 10.1. The van der Waals surface area contributed by atoms with Crippen LogP contribution in [0.1, 0.15) is 57.3 Å². The van der Waals surface area contributed by atoms with E-state index in [0.29, 0.717) is 23.7 Å². The smallest absolute Gasteiger partial charge is 0.410 e. The Balaban J connectivity index is 1.72. The fourth-order valence-corrected chi connectivity index (χ4v) is 3.59. The van der Waals surface area contributed by atoms with E-state index in [1.165, 1.54) is 0 Å². The van der Waals surface area contributed by atoms with Crippen molar-refractivity contribution in [3.8, 4) is 0 Å². The van der Waals surface area contributed by atoms with Gasteiger partial charge in [0.25, 0.3) is 5.91 Å². The third-order valence-corrected chi connectivity index (χ3v) is 4.98. The molecule has 7 heteroatoms. The number of likely N-dealkylation sites (tertiary alicyclic amines) is 1. The van der Waals surface area contributed by atoms with E-state index >= 15 is 0 Å². The topological polar surface area (TPSA) is 70.7 Å². The number of nitrogens with zero attached hydrogens (tertiary/aromatic N) is 1. The van der Waals surface area contributed by atoms with Crippen LogP contribution in [0.4, 0.5) is 4.79 Å². The van der Waals surface area contributed by atoms with Gasteiger partial charge in [-0.1, -0.05) is 23.7 Å². The Kier molecular flexibility index (Phi) is 8.13. The predicted octanol–water partition coefficient (Wildman–Crippen LogP) is 3.84. The first-order valence-electron chi connectivity index (χ1n) is 9.93. The van der Waals surface area contributed by atoms with Crippen molar-refractivity contribution in [3.63, 3.8) is 0 Å². The first kappa shape index (κ1) is 22.5. The van der Waals surface area contributed by atoms with Crippen molar-refractivity contribution in [1.82, 2.24) is 15.5 Å². The maximum absolute atomic E-state index is 12.4. The minimum Gasteiger partial charge on any atom is -0.444 e. The van der Waals surface area contributed by atoms with Crippen molar-refractivity contribution >= 4 is 23.6 Å². The maximum atomic E-state index is 12.4. The molecule has 2 rings (SSSR count). The van der Waals surface area contributed by atoms with E-state index in [-0.39, 0.29) is 24.1 Å². The highest BCUT2D eigenvalue weighted by Gasteiger charge is 2.32. The molecule has 0 saturated carbocycles. The second-order valence-electron chi connectivity index (χ2n) is 8.30. The van der Waals surface area contributed by atoms with E-state index < -0.39 is 5.60 Å². The highest BCUT2D eigenvalue weighted by atomic mass is 35.5. The monoisotopic (exact) mass is 409 g/mol. The summed E-state index contributed by atoms with van der Waals surface area (Å²) < 4.78 is 5.52. The minimum atomic E-state index is -0.478. The second-order valence-corrected chi connectivity index (χ2v) is 8.70. The quantitative estimate of drug-likeness (QED) is 0.671. The van der Waals surface area contributed by atoms with Crippen molar-refractivity contribution in [2.75, 3.05) is 19.6 Å². The van der Waals surface area contributed by atoms with E-state index in [1.807, 2.05) is 25.7 Å². The molecule has 0 bridgehead atoms. The molecule has 0 aromatic heterocycles. The Morgan fingerprint density at radius 2 is 2.00 bits per heavy atom. The average molecular weight is 410 g/mol. The van der Waals surface area contributed by atoms with Crippen molar-refractivity contribution in [2.45, 2.75) is 64.6 Å². The number of ether oxygens (including phenoxy) is 1. The third-order valence-electron chi connectivity index (χ3n) is 4.65. The van der Waals surface area contributed by atoms with Crippen LogP contribution in [-0.2, 0) is 4.74 Å². The lowest BCUT2D eigenvalue weighted by Crippen LogP contribution is -2.43. The van der Waals surface area contributed by atoms with Gasteiger partial charge in [-0.05, 0) is 59.1 Å². The Labute approximate surface area is 172 Å². The van der Waals surface area contributed by atoms with Crippen LogP contribution >= 0.6 is 11.6 Å². The summed E-state index contributed by atoms with van der Waals surface area (Å²) >= 11 is 6.04. The summed E-state index contributed by atoms with van der Waals surface area (Å²) in [6, 6.07) is 7.42. The summed E-state index contributed by atoms with van der Waals surface area (Å²) in [5, 5.41) is 6.73. The van der Waals surface area contributed by atoms with Gasteiger partial charge < -0.3 is 20.3 Å². The molecule has 6 nitrogen and oxygen atoms in total. The summed E-state index contributed by atoms with van der Waals surface area (Å²) in [5.41, 5.74) is 0.00434. The molecule has 2 amide bonds. The van der Waals surface area contributed by atoms with Crippen molar-refractivity contribution in [2.24, 2.45) is 0 Å². The van der Waals surface area contributed by atoms with E-state index in [1.54, 1.807) is 24.3 Å². The first-order valence-corrected chi connectivity index (χ1v) is 10.3. The van der Waals surface area contributed by atoms with Gasteiger partial charge in [-0.15, -0.1) is 0 Å². The summed E-state index contributed by atoms with van der Waals surface area (Å²) in [7, 11) is 0. The number of hydrogen-bond donors (Lipinski definition) is 2. The summed E-state index contributed by atoms with van der Waals surface area (Å²) in [4.78, 5) is 26.4. The van der Waals surface area contributed by atoms with Gasteiger partial charge in [0.15, 0.2) is 0 Å². The zero-order chi connectivity index (χ0) is 20.7. The first-order chi connectivity index (χ1) is 13.2. The van der Waals surface area contributed by atoms with Gasteiger partial charge >= 0.3 is 6.09 Å². The summed E-state index contributed by atoms with van der Waals surface area (Å²) in [6.07, 6.45) is 2.63. The van der Waals surface area contributed by atoms with Gasteiger partial charge in [-0.25, -0.2) is 4.79 Å². The Bertz CT molecular complexity index is 675. The van der Waals surface area contributed by atoms with Crippen LogP contribution in [-0.4, -0.2) is 54.2 Å². The van der Waals surface area contributed by atoms with Crippen LogP contribution in [0, 0.1) is 0 Å². The predicted molar refractivity (Wildman–Crippen MR) is 112 cm³/mol. The summed E-state index contributed by atoms with van der Waals surface area (Å²) in [5.74, 6) is -0.174. The molecular formula is C21H32ClN3O3. The number of benzene rings is 1. The molecule has 1 heterocycles. The number of carbonyl (C=O) groups excluding carboxylic acids is 2. The zero-order valence-electron chi connectivity index (χ0n) is 17.3. The minimum absolute atomic E-state index is 0.174. The number of carbonyl (C=O) groups is 2. The van der Waals surface area contributed by atoms with E-state index in [9.17, 15) is 9.59 Å². The van der Waals surface area contributed by atoms with E-state index in [4.69, 9.17) is 16.3 Å². The molecule has 1 aromatic carbocycles. The third kappa shape index (κ3) is 6.99. The second kappa shape index (κ2) is 10.1. The van der Waals surface area contributed by atoms with Crippen LogP contribution in [0.25, 0.3) is 0 Å². The number of nitrogens with one attached hydrogen (secondary N) is 2. The Hall–Kier alpha value is -1.79. The van der Waals surface area contributed by atoms with Crippen LogP contribution < -0.4 is 10.6 Å². The van der Waals surface area contributed by atoms with Gasteiger partial charge in [-0.3, -0.25) is 4.79 Å². The molecule has 0 radical (unpaired) electrons. The molecule has 28 heavy (non-hydrogen) atoms. The van der Waals surface area contributed by atoms with Crippen LogP contribution in [0.5, 0.6) is 0 Å². The normalized spacial score (nSPS) is 18.0. The molecule has 0 spiro atoms. The standard InChI is InChI=1S/C21H32ClN3O3/c1-15(14-16-8-7-13-25(16)20(27)28-21(2,3)4)23-11-12-24-19(26)17-9-5-6-10-18(17)22/h5-6,9-10,15-16,23H,7-8,11-14H2,1-4H3,(H,24,26). The van der Waals surface area contributed by atoms with Crippen molar-refractivity contribution in [3.05, 3.63) is 34.9 Å². The molecule has 1 aliphatic heterocycles. The number of rotatable bonds is 7. The molecule has 2 unspecified atom stereocenters. The molecular weight excluding hydrogens is 378 g/mol. The number of halogens is 1. The highest BCUT2D eigenvalue weighted by molar-refractivity contribution is 6.33. The lowest BCUT2D eigenvalue weighted by Gasteiger charge is -2.30. The van der Waals surface area contributed by atoms with Crippen LogP contribution in [0.3, 0.4) is 0 Å². The average Bonchev–Trinajstić information content (AvgIpc) is 3.05. The molecule has 2 N–H and O–H groups in total. The number of hydrogen-bond acceptors (Lipinski definition) is 4. The maximum Gasteiger partial charge on any atom is 0.410 e. The zero-order valence-corrected chi connectivity index (χ0v) is 18.0. The molecule has 1 aliphatic rings. The molecule has 1 saturated heterocycles. The number of amides is 2. The molecule has 2 atom stereocenters. The molecule has 1 fully saturated rings. The molecule has 156 valence electrons. The van der Waals surface area contributed by atoms with Crippen molar-refractivity contribution in [1.29, 1.82) is 0 Å².